The number of esters is 1. The fraction of sp³-hybridized carbons (Fsp3) is 0.422. The molecule has 0 bridgehead atoms. The lowest BCUT2D eigenvalue weighted by Gasteiger charge is -2.49. The minimum Gasteiger partial charge on any atom is -0.469 e. The van der Waals surface area contributed by atoms with Crippen LogP contribution in [0, 0.1) is 0 Å². The Bertz CT molecular complexity index is 2490. The number of benzene rings is 6. The second-order valence-corrected chi connectivity index (χ2v) is 19.5. The Balaban J connectivity index is 1.11. The van der Waals surface area contributed by atoms with E-state index < -0.39 is 61.4 Å². The van der Waals surface area contributed by atoms with Crippen LogP contribution in [0.1, 0.15) is 78.3 Å². The van der Waals surface area contributed by atoms with Crippen LogP contribution >= 0.6 is 0 Å². The molecule has 2 aliphatic rings. The lowest BCUT2D eigenvalue weighted by molar-refractivity contribution is -0.379. The molecule has 77 heavy (non-hydrogen) atoms. The van der Waals surface area contributed by atoms with Gasteiger partial charge in [-0.3, -0.25) is 4.79 Å². The molecule has 2 saturated heterocycles. The van der Waals surface area contributed by atoms with Crippen LogP contribution in [0.4, 0.5) is 0 Å². The molecular formula is C64H76O13. The number of ether oxygens (including phenoxy) is 11. The minimum atomic E-state index is -1.38. The largest absolute Gasteiger partial charge is 0.469 e. The summed E-state index contributed by atoms with van der Waals surface area (Å²) in [5.41, 5.74) is 5.79. The molecule has 0 radical (unpaired) electrons. The summed E-state index contributed by atoms with van der Waals surface area (Å²) < 4.78 is 73.2. The average molecular weight is 1050 g/mol. The normalized spacial score (nSPS) is 23.4. The van der Waals surface area contributed by atoms with Gasteiger partial charge in [-0.2, -0.15) is 0 Å². The monoisotopic (exact) mass is 1050 g/mol. The predicted octanol–water partition coefficient (Wildman–Crippen LogP) is 10.9. The summed E-state index contributed by atoms with van der Waals surface area (Å²) >= 11 is 0. The van der Waals surface area contributed by atoms with Crippen molar-refractivity contribution in [2.24, 2.45) is 0 Å². The Kier molecular flexibility index (Phi) is 24.1. The molecule has 1 N–H and O–H groups in total. The molecule has 0 saturated carbocycles. The van der Waals surface area contributed by atoms with Gasteiger partial charge in [-0.05, 0) is 46.2 Å². The Labute approximate surface area is 454 Å². The van der Waals surface area contributed by atoms with Crippen molar-refractivity contribution in [3.63, 3.8) is 0 Å². The van der Waals surface area contributed by atoms with E-state index in [4.69, 9.17) is 52.1 Å². The number of unbranched alkanes of at least 4 members (excludes halogenated alkanes) is 5. The van der Waals surface area contributed by atoms with Crippen LogP contribution in [0.3, 0.4) is 0 Å². The highest BCUT2D eigenvalue weighted by Gasteiger charge is 2.54. The quantitative estimate of drug-likeness (QED) is 0.0317. The van der Waals surface area contributed by atoms with E-state index in [0.29, 0.717) is 26.2 Å². The first-order chi connectivity index (χ1) is 38.0. The van der Waals surface area contributed by atoms with Crippen LogP contribution in [-0.2, 0) is 96.5 Å². The van der Waals surface area contributed by atoms with Crippen LogP contribution in [0.25, 0.3) is 0 Å². The van der Waals surface area contributed by atoms with Gasteiger partial charge in [0.25, 0.3) is 0 Å². The highest BCUT2D eigenvalue weighted by atomic mass is 16.8. The zero-order valence-electron chi connectivity index (χ0n) is 44.3. The van der Waals surface area contributed by atoms with E-state index in [-0.39, 0.29) is 45.6 Å². The maximum absolute atomic E-state index is 12.8. The number of aliphatic hydroxyl groups excluding tert-OH is 1. The molecule has 13 heteroatoms. The van der Waals surface area contributed by atoms with Gasteiger partial charge in [0.2, 0.25) is 0 Å². The van der Waals surface area contributed by atoms with Crippen molar-refractivity contribution in [2.45, 2.75) is 146 Å². The fourth-order valence-corrected chi connectivity index (χ4v) is 9.55. The van der Waals surface area contributed by atoms with Crippen molar-refractivity contribution in [2.75, 3.05) is 26.9 Å². The van der Waals surface area contributed by atoms with Crippen LogP contribution in [0.2, 0.25) is 0 Å². The molecule has 6 aromatic carbocycles. The van der Waals surface area contributed by atoms with Gasteiger partial charge < -0.3 is 57.2 Å². The predicted molar refractivity (Wildman–Crippen MR) is 291 cm³/mol. The summed E-state index contributed by atoms with van der Waals surface area (Å²) in [4.78, 5) is 11.7. The molecule has 10 atom stereocenters. The molecule has 8 rings (SSSR count). The number of carbonyl (C=O) groups excluding carboxylic acids is 1. The Morgan fingerprint density at radius 2 is 0.753 bits per heavy atom. The highest BCUT2D eigenvalue weighted by molar-refractivity contribution is 5.68. The first kappa shape index (κ1) is 57.5. The van der Waals surface area contributed by atoms with Crippen LogP contribution < -0.4 is 0 Å². The van der Waals surface area contributed by atoms with E-state index in [2.05, 4.69) is 0 Å². The average Bonchev–Trinajstić information content (AvgIpc) is 3.52. The number of carbonyl (C=O) groups is 1. The fourth-order valence-electron chi connectivity index (χ4n) is 9.55. The number of aliphatic hydroxyl groups is 1. The SMILES string of the molecule is COC(=O)CCCCCCCCO[C@H]1O[C@H](COCc2ccccc2)[C@@H](OCc2ccccc2)[C@H](OCc2ccccc2)[C@@H]1O[C@@H]1O[C@H](COCc2ccccc2)[C@@H](OCc2ccccc2)[C@H](OCc2ccccc2)[C@@H]1O. The van der Waals surface area contributed by atoms with E-state index in [9.17, 15) is 9.90 Å². The van der Waals surface area contributed by atoms with Crippen molar-refractivity contribution in [3.05, 3.63) is 215 Å². The maximum atomic E-state index is 12.8. The molecule has 0 aliphatic carbocycles. The molecule has 0 spiro atoms. The van der Waals surface area contributed by atoms with E-state index >= 15 is 0 Å². The number of hydrogen-bond donors (Lipinski definition) is 1. The van der Waals surface area contributed by atoms with Gasteiger partial charge in [-0.15, -0.1) is 0 Å². The Morgan fingerprint density at radius 3 is 1.18 bits per heavy atom. The number of hydrogen-bond acceptors (Lipinski definition) is 13. The molecular weight excluding hydrogens is 977 g/mol. The molecule has 2 fully saturated rings. The molecule has 6 aromatic rings. The van der Waals surface area contributed by atoms with Gasteiger partial charge in [0.15, 0.2) is 12.6 Å². The van der Waals surface area contributed by atoms with E-state index in [1.165, 1.54) is 7.11 Å². The third-order valence-electron chi connectivity index (χ3n) is 13.7. The lowest BCUT2D eigenvalue weighted by atomic mass is 9.96. The summed E-state index contributed by atoms with van der Waals surface area (Å²) in [6.45, 7) is 2.12. The van der Waals surface area contributed by atoms with Gasteiger partial charge in [0.05, 0.1) is 60.0 Å². The van der Waals surface area contributed by atoms with Gasteiger partial charge in [0.1, 0.15) is 48.8 Å². The summed E-state index contributed by atoms with van der Waals surface area (Å²) in [7, 11) is 1.42. The van der Waals surface area contributed by atoms with Gasteiger partial charge in [0, 0.05) is 13.0 Å². The Morgan fingerprint density at radius 1 is 0.403 bits per heavy atom. The van der Waals surface area contributed by atoms with Crippen molar-refractivity contribution >= 4 is 5.97 Å². The van der Waals surface area contributed by atoms with E-state index in [1.807, 2.05) is 182 Å². The molecule has 410 valence electrons. The van der Waals surface area contributed by atoms with E-state index in [0.717, 1.165) is 71.9 Å². The summed E-state index contributed by atoms with van der Waals surface area (Å²) in [5, 5.41) is 12.8. The van der Waals surface area contributed by atoms with Gasteiger partial charge >= 0.3 is 5.97 Å². The molecule has 2 heterocycles. The van der Waals surface area contributed by atoms with Gasteiger partial charge in [-0.25, -0.2) is 0 Å². The zero-order chi connectivity index (χ0) is 53.1. The standard InChI is InChI=1S/C64H76O13/c1-67-56(65)38-24-4-2-3-5-25-39-70-64-62(61(74-45-53-36-22-11-23-37-53)59(72-43-51-32-18-9-19-33-51)55(76-64)47-69-41-49-28-14-7-15-29-49)77-63-57(66)60(73-44-52-34-20-10-21-35-52)58(71-42-50-30-16-8-17-31-50)54(75-63)46-68-40-48-26-12-6-13-27-48/h6-23,26-37,54-55,57-64,66H,2-5,24-25,38-47H2,1H3/t54-,55-,57+,58-,59-,60-,61+,62+,63+,64+/m1/s1. The number of methoxy groups -OCH3 is 1. The van der Waals surface area contributed by atoms with Crippen molar-refractivity contribution in [1.82, 2.24) is 0 Å². The Hall–Kier alpha value is -5.65. The second-order valence-electron chi connectivity index (χ2n) is 19.5. The van der Waals surface area contributed by atoms with Crippen LogP contribution in [-0.4, -0.2) is 99.4 Å². The summed E-state index contributed by atoms with van der Waals surface area (Å²) in [5.74, 6) is -0.185. The third kappa shape index (κ3) is 18.8. The maximum Gasteiger partial charge on any atom is 0.305 e. The van der Waals surface area contributed by atoms with Crippen LogP contribution in [0.15, 0.2) is 182 Å². The van der Waals surface area contributed by atoms with E-state index in [1.54, 1.807) is 0 Å². The summed E-state index contributed by atoms with van der Waals surface area (Å²) in [6, 6.07) is 59.6. The van der Waals surface area contributed by atoms with Gasteiger partial charge in [-0.1, -0.05) is 208 Å². The van der Waals surface area contributed by atoms with Crippen molar-refractivity contribution < 1.29 is 62.0 Å². The van der Waals surface area contributed by atoms with Crippen molar-refractivity contribution in [3.8, 4) is 0 Å². The molecule has 0 unspecified atom stereocenters. The van der Waals surface area contributed by atoms with Crippen molar-refractivity contribution in [1.29, 1.82) is 0 Å². The zero-order valence-corrected chi connectivity index (χ0v) is 44.3. The topological polar surface area (TPSA) is 139 Å². The second kappa shape index (κ2) is 32.3. The molecule has 0 amide bonds. The first-order valence-electron chi connectivity index (χ1n) is 27.2. The third-order valence-corrected chi connectivity index (χ3v) is 13.7. The highest BCUT2D eigenvalue weighted by Crippen LogP contribution is 2.36. The van der Waals surface area contributed by atoms with Crippen LogP contribution in [0.5, 0.6) is 0 Å². The lowest BCUT2D eigenvalue weighted by Crippen LogP contribution is -2.66. The number of rotatable bonds is 32. The molecule has 0 aromatic heterocycles. The first-order valence-corrected chi connectivity index (χ1v) is 27.2. The molecule has 2 aliphatic heterocycles. The molecule has 13 nitrogen and oxygen atoms in total. The minimum absolute atomic E-state index is 0.0908. The summed E-state index contributed by atoms with van der Waals surface area (Å²) in [6.07, 6.45) is -3.83. The smallest absolute Gasteiger partial charge is 0.305 e.